The molecule has 1 aromatic carbocycles. The van der Waals surface area contributed by atoms with Gasteiger partial charge in [0, 0.05) is 22.7 Å². The van der Waals surface area contributed by atoms with Crippen molar-refractivity contribution < 1.29 is 0 Å². The molecule has 0 amide bonds. The van der Waals surface area contributed by atoms with Crippen molar-refractivity contribution in [2.75, 3.05) is 17.6 Å². The summed E-state index contributed by atoms with van der Waals surface area (Å²) < 4.78 is 0. The molecule has 4 heteroatoms. The van der Waals surface area contributed by atoms with Gasteiger partial charge >= 0.3 is 0 Å². The van der Waals surface area contributed by atoms with Crippen LogP contribution in [0, 0.1) is 11.3 Å². The van der Waals surface area contributed by atoms with Crippen LogP contribution in [-0.2, 0) is 0 Å². The molecular weight excluding hydrogens is 284 g/mol. The highest BCUT2D eigenvalue weighted by atomic mass is 32.2. The SMILES string of the molecule is CCSc1cccc(NCC(C)(C)C(C)C)c1C(N)=S. The van der Waals surface area contributed by atoms with Crippen LogP contribution in [0.5, 0.6) is 0 Å². The Bertz CT molecular complexity index is 468. The Kier molecular flexibility index (Phi) is 6.34. The standard InChI is InChI=1S/C16H26N2S2/c1-6-20-13-9-7-8-12(14(13)15(17)19)18-10-16(4,5)11(2)3/h7-9,11,18H,6,10H2,1-5H3,(H2,17,19). The van der Waals surface area contributed by atoms with Gasteiger partial charge in [0.25, 0.3) is 0 Å². The predicted octanol–water partition coefficient (Wildman–Crippen LogP) is 4.53. The fourth-order valence-electron chi connectivity index (χ4n) is 1.74. The molecule has 3 N–H and O–H groups in total. The van der Waals surface area contributed by atoms with Crippen LogP contribution in [-0.4, -0.2) is 17.3 Å². The van der Waals surface area contributed by atoms with Crippen molar-refractivity contribution in [3.05, 3.63) is 23.8 Å². The zero-order chi connectivity index (χ0) is 15.3. The second kappa shape index (κ2) is 7.32. The lowest BCUT2D eigenvalue weighted by molar-refractivity contribution is 0.269. The Balaban J connectivity index is 3.00. The highest BCUT2D eigenvalue weighted by Gasteiger charge is 2.22. The first kappa shape index (κ1) is 17.3. The number of hydrogen-bond donors (Lipinski definition) is 2. The van der Waals surface area contributed by atoms with Crippen molar-refractivity contribution in [2.24, 2.45) is 17.1 Å². The number of thioether (sulfide) groups is 1. The summed E-state index contributed by atoms with van der Waals surface area (Å²) in [5.74, 6) is 1.62. The number of benzene rings is 1. The minimum atomic E-state index is 0.224. The Morgan fingerprint density at radius 3 is 2.55 bits per heavy atom. The maximum absolute atomic E-state index is 5.92. The molecule has 112 valence electrons. The zero-order valence-electron chi connectivity index (χ0n) is 13.1. The molecule has 2 nitrogen and oxygen atoms in total. The third kappa shape index (κ3) is 4.38. The van der Waals surface area contributed by atoms with Gasteiger partial charge < -0.3 is 11.1 Å². The molecule has 1 aromatic rings. The monoisotopic (exact) mass is 310 g/mol. The van der Waals surface area contributed by atoms with Crippen molar-refractivity contribution in [3.8, 4) is 0 Å². The van der Waals surface area contributed by atoms with Crippen molar-refractivity contribution >= 4 is 34.7 Å². The summed E-state index contributed by atoms with van der Waals surface area (Å²) >= 11 is 7.01. The van der Waals surface area contributed by atoms with E-state index in [1.54, 1.807) is 11.8 Å². The molecule has 0 saturated heterocycles. The topological polar surface area (TPSA) is 38.0 Å². The first-order valence-corrected chi connectivity index (χ1v) is 8.48. The molecule has 1 rings (SSSR count). The Morgan fingerprint density at radius 2 is 2.05 bits per heavy atom. The van der Waals surface area contributed by atoms with E-state index in [9.17, 15) is 0 Å². The lowest BCUT2D eigenvalue weighted by Crippen LogP contribution is -2.29. The summed E-state index contributed by atoms with van der Waals surface area (Å²) in [5, 5.41) is 3.53. The molecule has 20 heavy (non-hydrogen) atoms. The predicted molar refractivity (Wildman–Crippen MR) is 95.8 cm³/mol. The highest BCUT2D eigenvalue weighted by molar-refractivity contribution is 7.99. The maximum atomic E-state index is 5.92. The van der Waals surface area contributed by atoms with Gasteiger partial charge in [-0.3, -0.25) is 0 Å². The van der Waals surface area contributed by atoms with Crippen molar-refractivity contribution in [3.63, 3.8) is 0 Å². The third-order valence-corrected chi connectivity index (χ3v) is 5.01. The summed E-state index contributed by atoms with van der Waals surface area (Å²) in [6.45, 7) is 12.1. The van der Waals surface area contributed by atoms with Crippen molar-refractivity contribution in [1.29, 1.82) is 0 Å². The fraction of sp³-hybridized carbons (Fsp3) is 0.562. The van der Waals surface area contributed by atoms with Gasteiger partial charge in [0.15, 0.2) is 0 Å². The number of thiocarbonyl (C=S) groups is 1. The fourth-order valence-corrected chi connectivity index (χ4v) is 2.87. The second-order valence-electron chi connectivity index (χ2n) is 5.97. The minimum Gasteiger partial charge on any atom is -0.389 e. The van der Waals surface area contributed by atoms with E-state index in [1.165, 1.54) is 0 Å². The van der Waals surface area contributed by atoms with Gasteiger partial charge in [-0.05, 0) is 29.2 Å². The molecule has 0 unspecified atom stereocenters. The number of hydrogen-bond acceptors (Lipinski definition) is 3. The van der Waals surface area contributed by atoms with E-state index in [1.807, 2.05) is 0 Å². The van der Waals surface area contributed by atoms with E-state index in [0.29, 0.717) is 10.9 Å². The third-order valence-electron chi connectivity index (χ3n) is 3.87. The van der Waals surface area contributed by atoms with Crippen LogP contribution in [0.1, 0.15) is 40.2 Å². The molecule has 0 aromatic heterocycles. The summed E-state index contributed by atoms with van der Waals surface area (Å²) in [6.07, 6.45) is 0. The Hall–Kier alpha value is -0.740. The number of nitrogens with one attached hydrogen (secondary N) is 1. The van der Waals surface area contributed by atoms with Crippen molar-refractivity contribution in [1.82, 2.24) is 0 Å². The number of anilines is 1. The van der Waals surface area contributed by atoms with Crippen molar-refractivity contribution in [2.45, 2.75) is 39.5 Å². The van der Waals surface area contributed by atoms with Gasteiger partial charge in [-0.25, -0.2) is 0 Å². The summed E-state index contributed by atoms with van der Waals surface area (Å²) in [7, 11) is 0. The van der Waals surface area contributed by atoms with Gasteiger partial charge in [-0.2, -0.15) is 0 Å². The van der Waals surface area contributed by atoms with Gasteiger partial charge in [-0.15, -0.1) is 11.8 Å². The van der Waals surface area contributed by atoms with Gasteiger partial charge in [-0.1, -0.05) is 52.9 Å². The highest BCUT2D eigenvalue weighted by Crippen LogP contribution is 2.31. The minimum absolute atomic E-state index is 0.224. The lowest BCUT2D eigenvalue weighted by Gasteiger charge is -2.30. The molecule has 0 bridgehead atoms. The number of rotatable bonds is 7. The van der Waals surface area contributed by atoms with Gasteiger partial charge in [0.1, 0.15) is 4.99 Å². The normalized spacial score (nSPS) is 11.7. The lowest BCUT2D eigenvalue weighted by atomic mass is 9.81. The van der Waals surface area contributed by atoms with E-state index in [0.717, 1.165) is 28.4 Å². The molecule has 0 aliphatic rings. The van der Waals surface area contributed by atoms with Crippen LogP contribution in [0.3, 0.4) is 0 Å². The Morgan fingerprint density at radius 1 is 1.40 bits per heavy atom. The van der Waals surface area contributed by atoms with Crippen LogP contribution < -0.4 is 11.1 Å². The maximum Gasteiger partial charge on any atom is 0.107 e. The molecule has 0 heterocycles. The molecule has 0 fully saturated rings. The molecular formula is C16H26N2S2. The second-order valence-corrected chi connectivity index (χ2v) is 7.72. The first-order valence-electron chi connectivity index (χ1n) is 7.09. The van der Waals surface area contributed by atoms with Gasteiger partial charge in [0.05, 0.1) is 0 Å². The molecule has 0 radical (unpaired) electrons. The van der Waals surface area contributed by atoms with Crippen LogP contribution in [0.4, 0.5) is 5.69 Å². The van der Waals surface area contributed by atoms with E-state index < -0.39 is 0 Å². The van der Waals surface area contributed by atoms with E-state index in [-0.39, 0.29) is 5.41 Å². The van der Waals surface area contributed by atoms with Crippen LogP contribution >= 0.6 is 24.0 Å². The largest absolute Gasteiger partial charge is 0.389 e. The van der Waals surface area contributed by atoms with E-state index >= 15 is 0 Å². The van der Waals surface area contributed by atoms with Crippen LogP contribution in [0.2, 0.25) is 0 Å². The summed E-state index contributed by atoms with van der Waals surface area (Å²) in [6, 6.07) is 6.20. The van der Waals surface area contributed by atoms with E-state index in [4.69, 9.17) is 18.0 Å². The van der Waals surface area contributed by atoms with Crippen LogP contribution in [0.25, 0.3) is 0 Å². The Labute approximate surface area is 132 Å². The zero-order valence-corrected chi connectivity index (χ0v) is 14.8. The molecule has 0 saturated carbocycles. The summed E-state index contributed by atoms with van der Waals surface area (Å²) in [5.41, 5.74) is 8.17. The van der Waals surface area contributed by atoms with E-state index in [2.05, 4.69) is 58.1 Å². The summed E-state index contributed by atoms with van der Waals surface area (Å²) in [4.78, 5) is 1.62. The average Bonchev–Trinajstić information content (AvgIpc) is 2.36. The smallest absolute Gasteiger partial charge is 0.107 e. The molecule has 0 atom stereocenters. The quantitative estimate of drug-likeness (QED) is 0.573. The number of nitrogens with two attached hydrogens (primary N) is 1. The van der Waals surface area contributed by atoms with Crippen LogP contribution in [0.15, 0.2) is 23.1 Å². The molecule has 0 spiro atoms. The van der Waals surface area contributed by atoms with Gasteiger partial charge in [0.2, 0.25) is 0 Å². The molecule has 0 aliphatic heterocycles. The average molecular weight is 311 g/mol. The molecule has 0 aliphatic carbocycles. The first-order chi connectivity index (χ1) is 9.29.